The summed E-state index contributed by atoms with van der Waals surface area (Å²) in [6.45, 7) is 7.35. The molecule has 82 valence electrons. The molecule has 2 aliphatic rings. The van der Waals surface area contributed by atoms with Crippen LogP contribution in [-0.2, 0) is 0 Å². The van der Waals surface area contributed by atoms with Gasteiger partial charge >= 0.3 is 0 Å². The van der Waals surface area contributed by atoms with Crippen LogP contribution >= 0.6 is 0 Å². The minimum atomic E-state index is 0.986. The highest BCUT2D eigenvalue weighted by atomic mass is 14.9. The lowest BCUT2D eigenvalue weighted by atomic mass is 9.95. The topological polar surface area (TPSA) is 24.1 Å². The summed E-state index contributed by atoms with van der Waals surface area (Å²) < 4.78 is 0. The normalized spacial score (nSPS) is 33.2. The molecular weight excluding hydrogens is 172 g/mol. The average molecular weight is 196 g/mol. The zero-order chi connectivity index (χ0) is 9.80. The summed E-state index contributed by atoms with van der Waals surface area (Å²) in [6.07, 6.45) is 5.63. The number of hydrogen-bond acceptors (Lipinski definition) is 2. The van der Waals surface area contributed by atoms with Gasteiger partial charge in [0, 0.05) is 0 Å². The predicted octanol–water partition coefficient (Wildman–Crippen LogP) is 1.62. The molecule has 0 aromatic carbocycles. The number of rotatable bonds is 5. The molecule has 0 aromatic rings. The van der Waals surface area contributed by atoms with Gasteiger partial charge in [0.05, 0.1) is 0 Å². The molecule has 0 spiro atoms. The van der Waals surface area contributed by atoms with Crippen molar-refractivity contribution in [2.45, 2.75) is 32.6 Å². The lowest BCUT2D eigenvalue weighted by molar-refractivity contribution is 0.347. The van der Waals surface area contributed by atoms with Crippen LogP contribution in [0.2, 0.25) is 0 Å². The van der Waals surface area contributed by atoms with Crippen LogP contribution in [0, 0.1) is 17.8 Å². The molecule has 0 bridgehead atoms. The fourth-order valence-corrected chi connectivity index (χ4v) is 2.45. The Bertz CT molecular complexity index is 164. The first-order valence-electron chi connectivity index (χ1n) is 6.27. The largest absolute Gasteiger partial charge is 0.317 e. The Hall–Kier alpha value is -0.0800. The highest BCUT2D eigenvalue weighted by Crippen LogP contribution is 2.36. The van der Waals surface area contributed by atoms with Crippen molar-refractivity contribution in [3.8, 4) is 0 Å². The van der Waals surface area contributed by atoms with Crippen LogP contribution in [-0.4, -0.2) is 26.2 Å². The second-order valence-corrected chi connectivity index (χ2v) is 5.16. The maximum absolute atomic E-state index is 3.60. The Kier molecular flexibility index (Phi) is 3.82. The van der Waals surface area contributed by atoms with Gasteiger partial charge in [-0.1, -0.05) is 6.92 Å². The zero-order valence-electron chi connectivity index (χ0n) is 9.39. The molecule has 1 aliphatic carbocycles. The van der Waals surface area contributed by atoms with E-state index in [9.17, 15) is 0 Å². The van der Waals surface area contributed by atoms with Crippen molar-refractivity contribution in [2.75, 3.05) is 26.2 Å². The Morgan fingerprint density at radius 1 is 1.29 bits per heavy atom. The number of hydrogen-bond donors (Lipinski definition) is 2. The molecule has 1 aliphatic heterocycles. The molecule has 1 saturated carbocycles. The highest BCUT2D eigenvalue weighted by Gasteiger charge is 2.31. The van der Waals surface area contributed by atoms with Crippen molar-refractivity contribution < 1.29 is 0 Å². The van der Waals surface area contributed by atoms with Gasteiger partial charge in [-0.2, -0.15) is 0 Å². The summed E-state index contributed by atoms with van der Waals surface area (Å²) in [4.78, 5) is 0. The molecule has 2 N–H and O–H groups in total. The smallest absolute Gasteiger partial charge is 0.00179 e. The molecule has 2 fully saturated rings. The maximum atomic E-state index is 3.60. The van der Waals surface area contributed by atoms with Crippen molar-refractivity contribution in [1.82, 2.24) is 10.6 Å². The van der Waals surface area contributed by atoms with Crippen LogP contribution < -0.4 is 10.6 Å². The van der Waals surface area contributed by atoms with Gasteiger partial charge in [-0.15, -0.1) is 0 Å². The second-order valence-electron chi connectivity index (χ2n) is 5.16. The molecule has 1 saturated heterocycles. The van der Waals surface area contributed by atoms with Crippen LogP contribution in [0.15, 0.2) is 0 Å². The van der Waals surface area contributed by atoms with Gasteiger partial charge < -0.3 is 10.6 Å². The molecule has 2 unspecified atom stereocenters. The van der Waals surface area contributed by atoms with Gasteiger partial charge in [-0.25, -0.2) is 0 Å². The fourth-order valence-electron chi connectivity index (χ4n) is 2.45. The van der Waals surface area contributed by atoms with Gasteiger partial charge in [0.2, 0.25) is 0 Å². The van der Waals surface area contributed by atoms with E-state index >= 15 is 0 Å². The molecule has 0 radical (unpaired) electrons. The van der Waals surface area contributed by atoms with E-state index < -0.39 is 0 Å². The van der Waals surface area contributed by atoms with Crippen molar-refractivity contribution in [2.24, 2.45) is 17.8 Å². The first-order chi connectivity index (χ1) is 6.86. The lowest BCUT2D eigenvalue weighted by Gasteiger charge is -2.22. The number of nitrogens with one attached hydrogen (secondary N) is 2. The van der Waals surface area contributed by atoms with E-state index in [1.165, 1.54) is 51.9 Å². The van der Waals surface area contributed by atoms with E-state index in [0.29, 0.717) is 0 Å². The third kappa shape index (κ3) is 3.25. The van der Waals surface area contributed by atoms with E-state index in [4.69, 9.17) is 0 Å². The van der Waals surface area contributed by atoms with Crippen LogP contribution in [0.25, 0.3) is 0 Å². The first kappa shape index (κ1) is 10.4. The van der Waals surface area contributed by atoms with Crippen molar-refractivity contribution in [3.63, 3.8) is 0 Å². The molecular formula is C12H24N2. The van der Waals surface area contributed by atoms with Gasteiger partial charge in [0.25, 0.3) is 0 Å². The molecule has 14 heavy (non-hydrogen) atoms. The highest BCUT2D eigenvalue weighted by molar-refractivity contribution is 4.84. The molecule has 1 heterocycles. The van der Waals surface area contributed by atoms with Gasteiger partial charge in [0.1, 0.15) is 0 Å². The molecule has 0 amide bonds. The van der Waals surface area contributed by atoms with Crippen molar-refractivity contribution >= 4 is 0 Å². The zero-order valence-corrected chi connectivity index (χ0v) is 9.39. The third-order valence-corrected chi connectivity index (χ3v) is 3.87. The third-order valence-electron chi connectivity index (χ3n) is 3.87. The molecule has 2 nitrogen and oxygen atoms in total. The van der Waals surface area contributed by atoms with Gasteiger partial charge in [-0.05, 0) is 69.6 Å². The van der Waals surface area contributed by atoms with Crippen LogP contribution in [0.3, 0.4) is 0 Å². The Morgan fingerprint density at radius 3 is 2.64 bits per heavy atom. The SMILES string of the molecule is CC1CC1CNCCC1CCNCC1. The quantitative estimate of drug-likeness (QED) is 0.653. The summed E-state index contributed by atoms with van der Waals surface area (Å²) in [5.74, 6) is 2.99. The van der Waals surface area contributed by atoms with Crippen LogP contribution in [0.5, 0.6) is 0 Å². The fraction of sp³-hybridized carbons (Fsp3) is 1.00. The molecule has 2 heteroatoms. The van der Waals surface area contributed by atoms with E-state index in [-0.39, 0.29) is 0 Å². The summed E-state index contributed by atoms with van der Waals surface area (Å²) in [5, 5.41) is 7.02. The van der Waals surface area contributed by atoms with Gasteiger partial charge in [0.15, 0.2) is 0 Å². The van der Waals surface area contributed by atoms with Crippen LogP contribution in [0.1, 0.15) is 32.6 Å². The van der Waals surface area contributed by atoms with Gasteiger partial charge in [-0.3, -0.25) is 0 Å². The summed E-state index contributed by atoms with van der Waals surface area (Å²) in [5.41, 5.74) is 0. The Balaban J connectivity index is 1.45. The van der Waals surface area contributed by atoms with Crippen LogP contribution in [0.4, 0.5) is 0 Å². The first-order valence-corrected chi connectivity index (χ1v) is 6.27. The molecule has 2 rings (SSSR count). The average Bonchev–Trinajstić information content (AvgIpc) is 2.91. The van der Waals surface area contributed by atoms with E-state index in [1.54, 1.807) is 0 Å². The molecule has 2 atom stereocenters. The summed E-state index contributed by atoms with van der Waals surface area (Å²) in [7, 11) is 0. The van der Waals surface area contributed by atoms with E-state index in [0.717, 1.165) is 17.8 Å². The summed E-state index contributed by atoms with van der Waals surface area (Å²) >= 11 is 0. The lowest BCUT2D eigenvalue weighted by Crippen LogP contribution is -2.30. The summed E-state index contributed by atoms with van der Waals surface area (Å²) in [6, 6.07) is 0. The minimum absolute atomic E-state index is 0.986. The standard InChI is InChI=1S/C12H24N2/c1-10-8-12(10)9-14-7-4-11-2-5-13-6-3-11/h10-14H,2-9H2,1H3. The van der Waals surface area contributed by atoms with Crippen molar-refractivity contribution in [3.05, 3.63) is 0 Å². The maximum Gasteiger partial charge on any atom is -0.00179 e. The minimum Gasteiger partial charge on any atom is -0.317 e. The number of piperidine rings is 1. The second kappa shape index (κ2) is 5.13. The monoisotopic (exact) mass is 196 g/mol. The Labute approximate surface area is 87.8 Å². The molecule has 0 aromatic heterocycles. The van der Waals surface area contributed by atoms with E-state index in [1.807, 2.05) is 0 Å². The van der Waals surface area contributed by atoms with Crippen molar-refractivity contribution in [1.29, 1.82) is 0 Å². The van der Waals surface area contributed by atoms with E-state index in [2.05, 4.69) is 17.6 Å². The Morgan fingerprint density at radius 2 is 2.00 bits per heavy atom. The predicted molar refractivity (Wildman–Crippen MR) is 60.4 cm³/mol.